The van der Waals surface area contributed by atoms with Crippen LogP contribution >= 0.6 is 15.9 Å². The van der Waals surface area contributed by atoms with E-state index < -0.39 is 17.4 Å². The largest absolute Gasteiger partial charge is 0.506 e. The number of nitrogens with zero attached hydrogens (tertiary/aromatic N) is 4. The van der Waals surface area contributed by atoms with Gasteiger partial charge in [-0.1, -0.05) is 0 Å². The Morgan fingerprint density at radius 2 is 2.23 bits per heavy atom. The molecule has 1 heterocycles. The molecule has 0 saturated carbocycles. The van der Waals surface area contributed by atoms with Gasteiger partial charge in [-0.3, -0.25) is 14.9 Å². The first kappa shape index (κ1) is 22.7. The zero-order valence-corrected chi connectivity index (χ0v) is 17.5. The number of pyridine rings is 1. The first-order valence-corrected chi connectivity index (χ1v) is 9.07. The van der Waals surface area contributed by atoms with Gasteiger partial charge >= 0.3 is 0 Å². The number of aromatic nitrogens is 1. The van der Waals surface area contributed by atoms with Crippen LogP contribution in [0.4, 0.5) is 5.69 Å². The Morgan fingerprint density at radius 1 is 1.50 bits per heavy atom. The summed E-state index contributed by atoms with van der Waals surface area (Å²) in [4.78, 5) is 26.3. The lowest BCUT2D eigenvalue weighted by molar-refractivity contribution is -0.385. The highest BCUT2D eigenvalue weighted by Crippen LogP contribution is 2.31. The van der Waals surface area contributed by atoms with E-state index in [1.165, 1.54) is 7.11 Å². The van der Waals surface area contributed by atoms with Crippen LogP contribution in [-0.4, -0.2) is 40.9 Å². The van der Waals surface area contributed by atoms with Crippen molar-refractivity contribution in [1.82, 2.24) is 10.4 Å². The van der Waals surface area contributed by atoms with Gasteiger partial charge in [0, 0.05) is 36.1 Å². The molecule has 0 aliphatic rings. The first-order valence-electron chi connectivity index (χ1n) is 8.28. The lowest BCUT2D eigenvalue weighted by Gasteiger charge is -2.10. The Labute approximate surface area is 179 Å². The number of halogens is 1. The van der Waals surface area contributed by atoms with Crippen molar-refractivity contribution < 1.29 is 24.3 Å². The number of amides is 1. The second kappa shape index (κ2) is 10.3. The van der Waals surface area contributed by atoms with Crippen LogP contribution in [-0.2, 0) is 16.1 Å². The fourth-order valence-electron chi connectivity index (χ4n) is 2.35. The van der Waals surface area contributed by atoms with Crippen molar-refractivity contribution >= 4 is 33.7 Å². The standard InChI is InChI=1S/C18H16BrN5O6/c1-10-3-12(8-29-2)14(6-20)18(22-10)30-9-16(25)23-21-7-11-4-13(24(27)28)5-15(19)17(11)26/h3-5,7,26H,8-9H2,1-2H3,(H,23,25). The van der Waals surface area contributed by atoms with Gasteiger partial charge in [-0.25, -0.2) is 10.4 Å². The van der Waals surface area contributed by atoms with Crippen LogP contribution in [0, 0.1) is 28.4 Å². The summed E-state index contributed by atoms with van der Waals surface area (Å²) >= 11 is 3.01. The molecule has 30 heavy (non-hydrogen) atoms. The summed E-state index contributed by atoms with van der Waals surface area (Å²) in [5, 5.41) is 33.8. The number of benzene rings is 1. The summed E-state index contributed by atoms with van der Waals surface area (Å²) in [6.45, 7) is 1.40. The molecular formula is C18H16BrN5O6. The SMILES string of the molecule is COCc1cc(C)nc(OCC(=O)NN=Cc2cc([N+](=O)[O-])cc(Br)c2O)c1C#N. The number of nitriles is 1. The quantitative estimate of drug-likeness (QED) is 0.332. The van der Waals surface area contributed by atoms with E-state index in [1.54, 1.807) is 13.0 Å². The molecule has 0 bridgehead atoms. The predicted octanol–water partition coefficient (Wildman–Crippen LogP) is 2.31. The molecule has 1 aromatic heterocycles. The number of nitrogens with one attached hydrogen (secondary N) is 1. The summed E-state index contributed by atoms with van der Waals surface area (Å²) in [5.74, 6) is -0.956. The summed E-state index contributed by atoms with van der Waals surface area (Å²) in [6, 6.07) is 5.89. The van der Waals surface area contributed by atoms with E-state index in [0.29, 0.717) is 11.3 Å². The Balaban J connectivity index is 2.06. The number of phenolic OH excluding ortho intramolecular Hbond substituents is 1. The monoisotopic (exact) mass is 477 g/mol. The summed E-state index contributed by atoms with van der Waals surface area (Å²) in [5.41, 5.74) is 3.24. The van der Waals surface area contributed by atoms with Crippen molar-refractivity contribution in [3.8, 4) is 17.7 Å². The third kappa shape index (κ3) is 5.72. The molecule has 2 N–H and O–H groups in total. The van der Waals surface area contributed by atoms with E-state index in [0.717, 1.165) is 18.3 Å². The number of aryl methyl sites for hydroxylation is 1. The number of aromatic hydroxyl groups is 1. The maximum atomic E-state index is 12.0. The van der Waals surface area contributed by atoms with E-state index in [-0.39, 0.29) is 39.5 Å². The summed E-state index contributed by atoms with van der Waals surface area (Å²) in [7, 11) is 1.49. The van der Waals surface area contributed by atoms with Crippen LogP contribution < -0.4 is 10.2 Å². The normalized spacial score (nSPS) is 10.6. The number of nitro benzene ring substituents is 1. The highest BCUT2D eigenvalue weighted by atomic mass is 79.9. The zero-order chi connectivity index (χ0) is 22.3. The molecule has 0 radical (unpaired) electrons. The minimum absolute atomic E-state index is 0.0102. The van der Waals surface area contributed by atoms with Gasteiger partial charge in [-0.15, -0.1) is 0 Å². The molecular weight excluding hydrogens is 462 g/mol. The fraction of sp³-hybridized carbons (Fsp3) is 0.222. The maximum Gasteiger partial charge on any atom is 0.278 e. The first-order chi connectivity index (χ1) is 14.3. The molecule has 2 rings (SSSR count). The van der Waals surface area contributed by atoms with Crippen molar-refractivity contribution in [2.45, 2.75) is 13.5 Å². The molecule has 0 aliphatic carbocycles. The van der Waals surface area contributed by atoms with Gasteiger partial charge in [-0.05, 0) is 28.9 Å². The number of hydrazone groups is 1. The van der Waals surface area contributed by atoms with E-state index in [4.69, 9.17) is 9.47 Å². The topological polar surface area (TPSA) is 160 Å². The van der Waals surface area contributed by atoms with Gasteiger partial charge in [0.05, 0.1) is 22.2 Å². The third-order valence-electron chi connectivity index (χ3n) is 3.63. The number of phenols is 1. The van der Waals surface area contributed by atoms with Crippen molar-refractivity contribution in [3.63, 3.8) is 0 Å². The number of carbonyl (C=O) groups excluding carboxylic acids is 1. The maximum absolute atomic E-state index is 12.0. The van der Waals surface area contributed by atoms with Crippen molar-refractivity contribution in [3.05, 3.63) is 55.2 Å². The Bertz CT molecular complexity index is 1050. The van der Waals surface area contributed by atoms with Crippen molar-refractivity contribution in [2.75, 3.05) is 13.7 Å². The number of methoxy groups -OCH3 is 1. The number of nitro groups is 1. The van der Waals surface area contributed by atoms with E-state index >= 15 is 0 Å². The minimum atomic E-state index is -0.671. The van der Waals surface area contributed by atoms with Gasteiger partial charge in [0.15, 0.2) is 6.61 Å². The van der Waals surface area contributed by atoms with Crippen LogP contribution in [0.3, 0.4) is 0 Å². The average Bonchev–Trinajstić information content (AvgIpc) is 2.69. The predicted molar refractivity (Wildman–Crippen MR) is 108 cm³/mol. The molecule has 2 aromatic rings. The van der Waals surface area contributed by atoms with Crippen LogP contribution in [0.25, 0.3) is 0 Å². The average molecular weight is 478 g/mol. The molecule has 0 fully saturated rings. The summed E-state index contributed by atoms with van der Waals surface area (Å²) in [6.07, 6.45) is 1.05. The van der Waals surface area contributed by atoms with Gasteiger partial charge in [0.2, 0.25) is 5.88 Å². The van der Waals surface area contributed by atoms with Crippen molar-refractivity contribution in [2.24, 2.45) is 5.10 Å². The minimum Gasteiger partial charge on any atom is -0.506 e. The molecule has 0 unspecified atom stereocenters. The lowest BCUT2D eigenvalue weighted by atomic mass is 10.1. The van der Waals surface area contributed by atoms with Gasteiger partial charge < -0.3 is 14.6 Å². The van der Waals surface area contributed by atoms with Gasteiger partial charge in [0.1, 0.15) is 17.4 Å². The van der Waals surface area contributed by atoms with Crippen LogP contribution in [0.2, 0.25) is 0 Å². The summed E-state index contributed by atoms with van der Waals surface area (Å²) < 4.78 is 10.5. The fourth-order valence-corrected chi connectivity index (χ4v) is 2.82. The number of hydrogen-bond acceptors (Lipinski definition) is 9. The number of rotatable bonds is 8. The molecule has 156 valence electrons. The number of non-ortho nitro benzene ring substituents is 1. The number of ether oxygens (including phenoxy) is 2. The Kier molecular flexibility index (Phi) is 7.79. The molecule has 0 aliphatic heterocycles. The lowest BCUT2D eigenvalue weighted by Crippen LogP contribution is -2.25. The van der Waals surface area contributed by atoms with Crippen LogP contribution in [0.1, 0.15) is 22.4 Å². The van der Waals surface area contributed by atoms with E-state index in [1.807, 2.05) is 6.07 Å². The number of carbonyl (C=O) groups is 1. The zero-order valence-electron chi connectivity index (χ0n) is 15.9. The van der Waals surface area contributed by atoms with Crippen molar-refractivity contribution in [1.29, 1.82) is 5.26 Å². The highest BCUT2D eigenvalue weighted by Gasteiger charge is 2.15. The number of hydrogen-bond donors (Lipinski definition) is 2. The second-order valence-corrected chi connectivity index (χ2v) is 6.71. The molecule has 1 amide bonds. The molecule has 0 spiro atoms. The Hall–Kier alpha value is -3.56. The van der Waals surface area contributed by atoms with Crippen LogP contribution in [0.15, 0.2) is 27.8 Å². The van der Waals surface area contributed by atoms with Crippen LogP contribution in [0.5, 0.6) is 11.6 Å². The van der Waals surface area contributed by atoms with Gasteiger partial charge in [-0.2, -0.15) is 10.4 Å². The molecule has 12 heteroatoms. The molecule has 0 atom stereocenters. The molecule has 11 nitrogen and oxygen atoms in total. The third-order valence-corrected chi connectivity index (χ3v) is 4.23. The molecule has 0 saturated heterocycles. The van der Waals surface area contributed by atoms with E-state index in [2.05, 4.69) is 31.4 Å². The van der Waals surface area contributed by atoms with Gasteiger partial charge in [0.25, 0.3) is 11.6 Å². The molecule has 1 aromatic carbocycles. The Morgan fingerprint density at radius 3 is 2.87 bits per heavy atom. The second-order valence-electron chi connectivity index (χ2n) is 5.85. The smallest absolute Gasteiger partial charge is 0.278 e. The highest BCUT2D eigenvalue weighted by molar-refractivity contribution is 9.10. The van der Waals surface area contributed by atoms with E-state index in [9.17, 15) is 25.3 Å².